The molecule has 0 bridgehead atoms. The monoisotopic (exact) mass is 436 g/mol. The van der Waals surface area contributed by atoms with Crippen molar-refractivity contribution in [3.63, 3.8) is 0 Å². The highest BCUT2D eigenvalue weighted by Crippen LogP contribution is 2.32. The largest absolute Gasteiger partial charge is 0.490 e. The zero-order valence-corrected chi connectivity index (χ0v) is 17.3. The Morgan fingerprint density at radius 1 is 1.07 bits per heavy atom. The molecule has 0 saturated carbocycles. The van der Waals surface area contributed by atoms with Crippen LogP contribution in [0, 0.1) is 0 Å². The van der Waals surface area contributed by atoms with Crippen LogP contribution in [-0.4, -0.2) is 49.9 Å². The van der Waals surface area contributed by atoms with Crippen molar-refractivity contribution in [2.45, 2.75) is 18.9 Å². The number of hydrogen-bond donors (Lipinski definition) is 1. The number of carbonyl (C=O) groups is 1. The summed E-state index contributed by atoms with van der Waals surface area (Å²) in [5, 5.41) is 3.99. The molecule has 29 heavy (non-hydrogen) atoms. The highest BCUT2D eigenvalue weighted by atomic mass is 35.5. The number of halogens is 2. The first-order valence-electron chi connectivity index (χ1n) is 9.60. The van der Waals surface area contributed by atoms with Gasteiger partial charge in [-0.05, 0) is 43.2 Å². The number of ether oxygens (including phenoxy) is 3. The Labute approximate surface area is 179 Å². The lowest BCUT2D eigenvalue weighted by Crippen LogP contribution is -2.42. The van der Waals surface area contributed by atoms with Crippen molar-refractivity contribution in [1.29, 1.82) is 0 Å². The summed E-state index contributed by atoms with van der Waals surface area (Å²) in [6.45, 7) is 3.43. The van der Waals surface area contributed by atoms with Crippen molar-refractivity contribution in [1.82, 2.24) is 10.2 Å². The lowest BCUT2D eigenvalue weighted by Gasteiger charge is -2.32. The number of fused-ring (bicyclic) bond motifs is 1. The summed E-state index contributed by atoms with van der Waals surface area (Å²) in [6.07, 6.45) is 2.01. The van der Waals surface area contributed by atoms with Gasteiger partial charge in [-0.15, -0.1) is 0 Å². The third kappa shape index (κ3) is 5.07. The summed E-state index contributed by atoms with van der Waals surface area (Å²) in [7, 11) is 0. The molecule has 154 valence electrons. The minimum atomic E-state index is -0.110. The Balaban J connectivity index is 1.18. The van der Waals surface area contributed by atoms with E-state index in [-0.39, 0.29) is 18.8 Å². The molecule has 0 atom stereocenters. The van der Waals surface area contributed by atoms with Crippen LogP contribution in [0.1, 0.15) is 23.2 Å². The second-order valence-electron chi connectivity index (χ2n) is 7.06. The van der Waals surface area contributed by atoms with E-state index in [1.165, 1.54) is 0 Å². The Morgan fingerprint density at radius 2 is 1.86 bits per heavy atom. The van der Waals surface area contributed by atoms with Crippen LogP contribution in [0.2, 0.25) is 10.0 Å². The van der Waals surface area contributed by atoms with Crippen LogP contribution in [0.15, 0.2) is 36.4 Å². The second kappa shape index (κ2) is 9.11. The molecule has 0 radical (unpaired) electrons. The molecule has 1 saturated heterocycles. The molecule has 0 spiro atoms. The van der Waals surface area contributed by atoms with Gasteiger partial charge in [-0.1, -0.05) is 23.2 Å². The molecule has 0 unspecified atom stereocenters. The van der Waals surface area contributed by atoms with Crippen LogP contribution in [0.5, 0.6) is 17.2 Å². The maximum atomic E-state index is 12.3. The smallest absolute Gasteiger partial charge is 0.251 e. The molecule has 4 rings (SSSR count). The van der Waals surface area contributed by atoms with Crippen LogP contribution < -0.4 is 19.5 Å². The molecule has 2 aromatic carbocycles. The molecule has 2 aliphatic heterocycles. The molecule has 2 aliphatic rings. The van der Waals surface area contributed by atoms with Gasteiger partial charge in [-0.3, -0.25) is 4.79 Å². The van der Waals surface area contributed by atoms with E-state index in [9.17, 15) is 4.79 Å². The topological polar surface area (TPSA) is 60.0 Å². The van der Waals surface area contributed by atoms with Crippen LogP contribution >= 0.6 is 23.2 Å². The van der Waals surface area contributed by atoms with Gasteiger partial charge in [0.25, 0.3) is 5.91 Å². The Hall–Kier alpha value is -2.15. The molecular formula is C21H22Cl2N2O4. The number of amides is 1. The van der Waals surface area contributed by atoms with Crippen molar-refractivity contribution in [2.75, 3.05) is 33.0 Å². The van der Waals surface area contributed by atoms with Crippen LogP contribution in [0.25, 0.3) is 0 Å². The van der Waals surface area contributed by atoms with E-state index in [2.05, 4.69) is 10.2 Å². The van der Waals surface area contributed by atoms with Gasteiger partial charge < -0.3 is 24.4 Å². The normalized spacial score (nSPS) is 16.6. The maximum Gasteiger partial charge on any atom is 0.251 e. The predicted molar refractivity (Wildman–Crippen MR) is 111 cm³/mol. The highest BCUT2D eigenvalue weighted by molar-refractivity contribution is 6.42. The second-order valence-corrected chi connectivity index (χ2v) is 7.87. The summed E-state index contributed by atoms with van der Waals surface area (Å²) in [5.41, 5.74) is 0.572. The van der Waals surface area contributed by atoms with E-state index in [4.69, 9.17) is 37.4 Å². The number of carbonyl (C=O) groups excluding carboxylic acids is 1. The fraction of sp³-hybridized carbons (Fsp3) is 0.381. The van der Waals surface area contributed by atoms with Crippen molar-refractivity contribution < 1.29 is 19.0 Å². The predicted octanol–water partition coefficient (Wildman–Crippen LogP) is 4.00. The van der Waals surface area contributed by atoms with Gasteiger partial charge in [0.15, 0.2) is 11.5 Å². The zero-order valence-electron chi connectivity index (χ0n) is 15.8. The number of piperidine rings is 1. The first kappa shape index (κ1) is 20.1. The van der Waals surface area contributed by atoms with Crippen LogP contribution in [0.3, 0.4) is 0 Å². The zero-order chi connectivity index (χ0) is 20.2. The van der Waals surface area contributed by atoms with Gasteiger partial charge in [-0.25, -0.2) is 0 Å². The lowest BCUT2D eigenvalue weighted by atomic mass is 10.1. The lowest BCUT2D eigenvalue weighted by molar-refractivity contribution is 0.0905. The Kier molecular flexibility index (Phi) is 6.33. The summed E-state index contributed by atoms with van der Waals surface area (Å²) >= 11 is 12.0. The van der Waals surface area contributed by atoms with Gasteiger partial charge in [0, 0.05) is 37.8 Å². The first-order chi connectivity index (χ1) is 14.1. The minimum Gasteiger partial charge on any atom is -0.490 e. The highest BCUT2D eigenvalue weighted by Gasteiger charge is 2.21. The third-order valence-corrected chi connectivity index (χ3v) is 5.82. The Morgan fingerprint density at radius 3 is 2.66 bits per heavy atom. The fourth-order valence-corrected chi connectivity index (χ4v) is 3.75. The number of benzene rings is 2. The number of hydrogen-bond acceptors (Lipinski definition) is 5. The molecule has 2 aromatic rings. The maximum absolute atomic E-state index is 12.3. The van der Waals surface area contributed by atoms with E-state index in [0.717, 1.165) is 38.2 Å². The number of nitrogens with zero attached hydrogens (tertiary/aromatic N) is 1. The van der Waals surface area contributed by atoms with E-state index in [0.29, 0.717) is 33.7 Å². The van der Waals surface area contributed by atoms with E-state index >= 15 is 0 Å². The number of nitrogens with one attached hydrogen (secondary N) is 1. The molecule has 1 fully saturated rings. The van der Waals surface area contributed by atoms with Crippen molar-refractivity contribution in [2.24, 2.45) is 0 Å². The summed E-state index contributed by atoms with van der Waals surface area (Å²) < 4.78 is 16.6. The summed E-state index contributed by atoms with van der Waals surface area (Å²) in [4.78, 5) is 14.7. The van der Waals surface area contributed by atoms with E-state index < -0.39 is 0 Å². The SMILES string of the molecule is O=C(NCCN1CCC(Oc2ccc(Cl)c(Cl)c2)CC1)c1ccc2c(c1)OCO2. The molecule has 0 aliphatic carbocycles. The van der Waals surface area contributed by atoms with E-state index in [1.54, 1.807) is 30.3 Å². The van der Waals surface area contributed by atoms with Crippen molar-refractivity contribution >= 4 is 29.1 Å². The molecular weight excluding hydrogens is 415 g/mol. The first-order valence-corrected chi connectivity index (χ1v) is 10.4. The molecule has 8 heteroatoms. The average molecular weight is 437 g/mol. The van der Waals surface area contributed by atoms with Crippen molar-refractivity contribution in [3.05, 3.63) is 52.0 Å². The van der Waals surface area contributed by atoms with Gasteiger partial charge in [0.2, 0.25) is 6.79 Å². The minimum absolute atomic E-state index is 0.110. The van der Waals surface area contributed by atoms with Gasteiger partial charge >= 0.3 is 0 Å². The summed E-state index contributed by atoms with van der Waals surface area (Å²) in [6, 6.07) is 10.6. The molecule has 0 aromatic heterocycles. The van der Waals surface area contributed by atoms with Crippen LogP contribution in [0.4, 0.5) is 0 Å². The molecule has 1 N–H and O–H groups in total. The number of likely N-dealkylation sites (tertiary alicyclic amines) is 1. The summed E-state index contributed by atoms with van der Waals surface area (Å²) in [5.74, 6) is 1.92. The number of rotatable bonds is 6. The van der Waals surface area contributed by atoms with Crippen LogP contribution in [-0.2, 0) is 0 Å². The molecule has 6 nitrogen and oxygen atoms in total. The standard InChI is InChI=1S/C21H22Cl2N2O4/c22-17-3-2-16(12-18(17)23)29-15-5-8-25(9-6-15)10-7-24-21(26)14-1-4-19-20(11-14)28-13-27-19/h1-4,11-12,15H,5-10,13H2,(H,24,26). The Bertz CT molecular complexity index is 885. The van der Waals surface area contributed by atoms with Crippen molar-refractivity contribution in [3.8, 4) is 17.2 Å². The van der Waals surface area contributed by atoms with Gasteiger partial charge in [0.05, 0.1) is 10.0 Å². The molecule has 2 heterocycles. The fourth-order valence-electron chi connectivity index (χ4n) is 3.46. The quantitative estimate of drug-likeness (QED) is 0.741. The average Bonchev–Trinajstić information content (AvgIpc) is 3.20. The van der Waals surface area contributed by atoms with Gasteiger partial charge in [0.1, 0.15) is 11.9 Å². The van der Waals surface area contributed by atoms with E-state index in [1.807, 2.05) is 6.07 Å². The van der Waals surface area contributed by atoms with Gasteiger partial charge in [-0.2, -0.15) is 0 Å². The third-order valence-electron chi connectivity index (χ3n) is 5.08. The molecule has 1 amide bonds.